The molecule has 1 aromatic carbocycles. The second-order valence-corrected chi connectivity index (χ2v) is 6.03. The number of amides is 1. The highest BCUT2D eigenvalue weighted by Gasteiger charge is 2.25. The predicted molar refractivity (Wildman–Crippen MR) is 102 cm³/mol. The number of halogens is 1. The fourth-order valence-corrected chi connectivity index (χ4v) is 2.86. The second-order valence-electron chi connectivity index (χ2n) is 6.03. The molecule has 5 nitrogen and oxygen atoms in total. The van der Waals surface area contributed by atoms with E-state index in [1.165, 1.54) is 19.2 Å². The molecule has 0 spiro atoms. The minimum Gasteiger partial charge on any atom is -0.497 e. The number of carbonyl (C=O) groups is 2. The molecule has 0 atom stereocenters. The van der Waals surface area contributed by atoms with E-state index >= 15 is 0 Å². The Morgan fingerprint density at radius 3 is 2.59 bits per heavy atom. The molecule has 0 fully saturated rings. The average molecular weight is 371 g/mol. The third-order valence-corrected chi connectivity index (χ3v) is 4.23. The molecule has 0 heterocycles. The summed E-state index contributed by atoms with van der Waals surface area (Å²) in [6.45, 7) is 5.57. The number of rotatable bonds is 7. The van der Waals surface area contributed by atoms with Gasteiger partial charge in [0.2, 0.25) is 0 Å². The number of nitrogens with one attached hydrogen (secondary N) is 1. The Hall–Kier alpha value is -3.15. The van der Waals surface area contributed by atoms with Crippen LogP contribution in [0, 0.1) is 5.82 Å². The molecule has 1 aromatic rings. The van der Waals surface area contributed by atoms with E-state index in [9.17, 15) is 14.0 Å². The van der Waals surface area contributed by atoms with E-state index in [0.717, 1.165) is 0 Å². The van der Waals surface area contributed by atoms with Crippen LogP contribution in [0.4, 0.5) is 10.1 Å². The van der Waals surface area contributed by atoms with Gasteiger partial charge in [0.1, 0.15) is 11.6 Å². The van der Waals surface area contributed by atoms with Crippen LogP contribution in [0.2, 0.25) is 0 Å². The average Bonchev–Trinajstić information content (AvgIpc) is 3.13. The highest BCUT2D eigenvalue weighted by molar-refractivity contribution is 6.09. The highest BCUT2D eigenvalue weighted by Crippen LogP contribution is 2.28. The zero-order valence-electron chi connectivity index (χ0n) is 15.3. The number of carbonyl (C=O) groups excluding carboxylic acids is 1. The summed E-state index contributed by atoms with van der Waals surface area (Å²) in [5, 5.41) is 11.6. The molecule has 0 aliphatic heterocycles. The van der Waals surface area contributed by atoms with Gasteiger partial charge >= 0.3 is 5.97 Å². The quantitative estimate of drug-likeness (QED) is 0.548. The number of hydrogen-bond acceptors (Lipinski definition) is 3. The van der Waals surface area contributed by atoms with E-state index in [2.05, 4.69) is 11.9 Å². The molecule has 1 aliphatic rings. The smallest absolute Gasteiger partial charge is 0.332 e. The lowest BCUT2D eigenvalue weighted by molar-refractivity contribution is -0.133. The topological polar surface area (TPSA) is 75.6 Å². The molecule has 0 unspecified atom stereocenters. The largest absolute Gasteiger partial charge is 0.497 e. The first-order valence-electron chi connectivity index (χ1n) is 8.51. The molecular formula is C21H22FNO4. The molecule has 27 heavy (non-hydrogen) atoms. The Kier molecular flexibility index (Phi) is 6.71. The first-order chi connectivity index (χ1) is 12.9. The maximum atomic E-state index is 14.5. The van der Waals surface area contributed by atoms with Crippen molar-refractivity contribution in [3.8, 4) is 0 Å². The zero-order chi connectivity index (χ0) is 20.0. The number of methoxy groups -OCH3 is 1. The van der Waals surface area contributed by atoms with E-state index in [1.54, 1.807) is 18.2 Å². The van der Waals surface area contributed by atoms with Gasteiger partial charge in [-0.15, -0.1) is 0 Å². The Morgan fingerprint density at radius 2 is 2.00 bits per heavy atom. The summed E-state index contributed by atoms with van der Waals surface area (Å²) in [5.41, 5.74) is 1.59. The van der Waals surface area contributed by atoms with Crippen LogP contribution in [0.1, 0.15) is 31.7 Å². The van der Waals surface area contributed by atoms with Crippen molar-refractivity contribution in [1.82, 2.24) is 0 Å². The number of benzene rings is 1. The SMILES string of the molecule is C=C(/C=C(\C=C/C)c1ccc(NC(=O)C2=C(C(=O)O)CCC2)c(F)c1)OC. The van der Waals surface area contributed by atoms with Gasteiger partial charge in [0.15, 0.2) is 0 Å². The van der Waals surface area contributed by atoms with Crippen LogP contribution in [-0.4, -0.2) is 24.1 Å². The molecule has 0 bridgehead atoms. The van der Waals surface area contributed by atoms with Gasteiger partial charge in [-0.1, -0.05) is 24.8 Å². The summed E-state index contributed by atoms with van der Waals surface area (Å²) in [7, 11) is 1.49. The van der Waals surface area contributed by atoms with Crippen LogP contribution in [0.5, 0.6) is 0 Å². The molecule has 0 radical (unpaired) electrons. The Bertz CT molecular complexity index is 865. The summed E-state index contributed by atoms with van der Waals surface area (Å²) in [6, 6.07) is 4.41. The normalized spacial score (nSPS) is 14.6. The molecule has 1 amide bonds. The third kappa shape index (κ3) is 4.94. The first kappa shape index (κ1) is 20.2. The summed E-state index contributed by atoms with van der Waals surface area (Å²) in [6.07, 6.45) is 6.60. The summed E-state index contributed by atoms with van der Waals surface area (Å²) in [5.74, 6) is -1.87. The molecule has 142 valence electrons. The fourth-order valence-electron chi connectivity index (χ4n) is 2.86. The van der Waals surface area contributed by atoms with E-state index in [4.69, 9.17) is 9.84 Å². The van der Waals surface area contributed by atoms with Gasteiger partial charge in [-0.25, -0.2) is 9.18 Å². The van der Waals surface area contributed by atoms with Gasteiger partial charge in [-0.05, 0) is 55.5 Å². The van der Waals surface area contributed by atoms with Gasteiger partial charge in [-0.3, -0.25) is 4.79 Å². The summed E-state index contributed by atoms with van der Waals surface area (Å²) in [4.78, 5) is 23.5. The van der Waals surface area contributed by atoms with Crippen LogP contribution in [-0.2, 0) is 14.3 Å². The molecule has 0 aromatic heterocycles. The molecular weight excluding hydrogens is 349 g/mol. The van der Waals surface area contributed by atoms with Gasteiger partial charge in [0.25, 0.3) is 5.91 Å². The van der Waals surface area contributed by atoms with E-state index in [0.29, 0.717) is 36.2 Å². The van der Waals surface area contributed by atoms with Crippen LogP contribution < -0.4 is 5.32 Å². The Labute approximate surface area is 157 Å². The van der Waals surface area contributed by atoms with E-state index < -0.39 is 17.7 Å². The number of allylic oxidation sites excluding steroid dienone is 4. The van der Waals surface area contributed by atoms with Gasteiger partial charge in [-0.2, -0.15) is 0 Å². The lowest BCUT2D eigenvalue weighted by atomic mass is 10.0. The van der Waals surface area contributed by atoms with Crippen molar-refractivity contribution in [2.24, 2.45) is 0 Å². The fraction of sp³-hybridized carbons (Fsp3) is 0.238. The van der Waals surface area contributed by atoms with Crippen LogP contribution >= 0.6 is 0 Å². The molecule has 0 saturated carbocycles. The maximum Gasteiger partial charge on any atom is 0.332 e. The van der Waals surface area contributed by atoms with Gasteiger partial charge in [0.05, 0.1) is 12.8 Å². The van der Waals surface area contributed by atoms with Crippen LogP contribution in [0.15, 0.2) is 59.9 Å². The Morgan fingerprint density at radius 1 is 1.30 bits per heavy atom. The van der Waals surface area contributed by atoms with Crippen LogP contribution in [0.25, 0.3) is 5.57 Å². The van der Waals surface area contributed by atoms with Gasteiger partial charge < -0.3 is 15.2 Å². The van der Waals surface area contributed by atoms with Crippen molar-refractivity contribution < 1.29 is 23.8 Å². The standard InChI is InChI=1S/C21H22FNO4/c1-4-6-14(11-13(2)27-3)15-9-10-19(18(22)12-15)23-20(24)16-7-5-8-17(16)21(25)26/h4,6,9-12H,2,5,7-8H2,1,3H3,(H,23,24)(H,25,26)/b6-4-,14-11+. The zero-order valence-corrected chi connectivity index (χ0v) is 15.3. The predicted octanol–water partition coefficient (Wildman–Crippen LogP) is 4.45. The molecule has 0 saturated heterocycles. The third-order valence-electron chi connectivity index (χ3n) is 4.23. The minimum atomic E-state index is -1.10. The number of aliphatic carboxylic acids is 1. The Balaban J connectivity index is 2.27. The minimum absolute atomic E-state index is 0.00159. The van der Waals surface area contributed by atoms with E-state index in [-0.39, 0.29) is 16.8 Å². The van der Waals surface area contributed by atoms with Crippen molar-refractivity contribution in [1.29, 1.82) is 0 Å². The number of carboxylic acid groups (broad SMARTS) is 1. The van der Waals surface area contributed by atoms with Crippen molar-refractivity contribution >= 4 is 23.1 Å². The summed E-state index contributed by atoms with van der Waals surface area (Å²) >= 11 is 0. The van der Waals surface area contributed by atoms with Crippen molar-refractivity contribution in [3.05, 3.63) is 71.3 Å². The number of anilines is 1. The van der Waals surface area contributed by atoms with Crippen LogP contribution in [0.3, 0.4) is 0 Å². The number of carboxylic acids is 1. The lowest BCUT2D eigenvalue weighted by Gasteiger charge is -2.10. The first-order valence-corrected chi connectivity index (χ1v) is 8.51. The molecule has 2 N–H and O–H groups in total. The summed E-state index contributed by atoms with van der Waals surface area (Å²) < 4.78 is 19.6. The highest BCUT2D eigenvalue weighted by atomic mass is 19.1. The molecule has 1 aliphatic carbocycles. The van der Waals surface area contributed by atoms with Crippen molar-refractivity contribution in [2.75, 3.05) is 12.4 Å². The maximum absolute atomic E-state index is 14.5. The molecule has 2 rings (SSSR count). The monoisotopic (exact) mass is 371 g/mol. The second kappa shape index (κ2) is 8.98. The van der Waals surface area contributed by atoms with Crippen molar-refractivity contribution in [3.63, 3.8) is 0 Å². The molecule has 6 heteroatoms. The lowest BCUT2D eigenvalue weighted by Crippen LogP contribution is -2.17. The number of hydrogen-bond donors (Lipinski definition) is 2. The number of ether oxygens (including phenoxy) is 1. The van der Waals surface area contributed by atoms with E-state index in [1.807, 2.05) is 13.0 Å². The van der Waals surface area contributed by atoms with Gasteiger partial charge in [0, 0.05) is 11.1 Å². The van der Waals surface area contributed by atoms with Crippen molar-refractivity contribution in [2.45, 2.75) is 26.2 Å².